The SMILES string of the molecule is CO[C@H]1/C=C/O[C@@]2(C)Oc3c(C)c(=O)c4c(O)c(c5oc6cc(OCCN7CCC7)ccc6nc5c4c3C2=O)NC(=O)/C(C)=C\C=C\[C@H](C)[C@@H]2O[C@H]([C@H](O)[C@@H]2C)[C@H](OC(C)=O)[C@@H]1C. The van der Waals surface area contributed by atoms with E-state index in [1.54, 1.807) is 44.2 Å². The molecule has 16 nitrogen and oxygen atoms in total. The number of allylic oxidation sites excluding steroid dienone is 2. The van der Waals surface area contributed by atoms with Crippen molar-refractivity contribution in [3.8, 4) is 17.2 Å². The number of aromatic nitrogens is 1. The predicted molar refractivity (Wildman–Crippen MR) is 232 cm³/mol. The Bertz CT molecular complexity index is 2670. The molecule has 9 rings (SSSR count). The van der Waals surface area contributed by atoms with Crippen molar-refractivity contribution in [2.75, 3.05) is 38.7 Å². The number of carbonyl (C=O) groups is 3. The maximum absolute atomic E-state index is 14.7. The molecule has 63 heavy (non-hydrogen) atoms. The number of anilines is 1. The third-order valence-electron chi connectivity index (χ3n) is 12.8. The summed E-state index contributed by atoms with van der Waals surface area (Å²) in [5.74, 6) is -5.40. The first kappa shape index (κ1) is 43.8. The lowest BCUT2D eigenvalue weighted by molar-refractivity contribution is -0.168. The van der Waals surface area contributed by atoms with E-state index in [4.69, 9.17) is 37.8 Å². The fourth-order valence-corrected chi connectivity index (χ4v) is 8.95. The van der Waals surface area contributed by atoms with Gasteiger partial charge in [-0.15, -0.1) is 0 Å². The summed E-state index contributed by atoms with van der Waals surface area (Å²) in [5.41, 5.74) is -0.266. The highest BCUT2D eigenvalue weighted by Gasteiger charge is 2.51. The van der Waals surface area contributed by atoms with Crippen molar-refractivity contribution in [3.63, 3.8) is 0 Å². The van der Waals surface area contributed by atoms with E-state index < -0.39 is 71.1 Å². The van der Waals surface area contributed by atoms with Crippen LogP contribution in [0.25, 0.3) is 33.0 Å². The van der Waals surface area contributed by atoms with Gasteiger partial charge in [0.1, 0.15) is 47.0 Å². The van der Waals surface area contributed by atoms with Crippen LogP contribution in [-0.4, -0.2) is 107 Å². The second-order valence-electron chi connectivity index (χ2n) is 17.1. The number of hydrogen-bond donors (Lipinski definition) is 3. The number of methoxy groups -OCH3 is 1. The maximum atomic E-state index is 14.7. The zero-order valence-corrected chi connectivity index (χ0v) is 36.6. The molecular weight excluding hydrogens is 815 g/mol. The summed E-state index contributed by atoms with van der Waals surface area (Å²) in [7, 11) is 1.46. The molecule has 3 N–H and O–H groups in total. The van der Waals surface area contributed by atoms with Crippen LogP contribution in [-0.2, 0) is 28.5 Å². The van der Waals surface area contributed by atoms with Gasteiger partial charge < -0.3 is 48.4 Å². The first-order valence-electron chi connectivity index (χ1n) is 21.3. The molecular formula is C47H53N3O13. The number of phenols is 1. The summed E-state index contributed by atoms with van der Waals surface area (Å²) in [6.07, 6.45) is 4.82. The number of aliphatic hydroxyl groups excluding tert-OH is 1. The molecule has 1 aromatic heterocycles. The van der Waals surface area contributed by atoms with Crippen LogP contribution < -0.4 is 20.2 Å². The number of benzene rings is 3. The maximum Gasteiger partial charge on any atom is 0.312 e. The number of nitrogens with zero attached hydrogens (tertiary/aromatic N) is 2. The Balaban J connectivity index is 1.29. The predicted octanol–water partition coefficient (Wildman–Crippen LogP) is 5.85. The van der Waals surface area contributed by atoms with Crippen LogP contribution in [0, 0.1) is 24.7 Å². The molecule has 6 heterocycles. The van der Waals surface area contributed by atoms with E-state index in [1.807, 2.05) is 19.9 Å². The summed E-state index contributed by atoms with van der Waals surface area (Å²) in [4.78, 5) is 62.6. The van der Waals surface area contributed by atoms with Crippen LogP contribution in [0.5, 0.6) is 17.2 Å². The van der Waals surface area contributed by atoms with Crippen molar-refractivity contribution >= 4 is 56.3 Å². The quantitative estimate of drug-likeness (QED) is 0.0900. The molecule has 0 saturated carbocycles. The van der Waals surface area contributed by atoms with E-state index in [1.165, 1.54) is 40.2 Å². The van der Waals surface area contributed by atoms with Crippen molar-refractivity contribution in [1.82, 2.24) is 9.88 Å². The van der Waals surface area contributed by atoms with Crippen molar-refractivity contribution in [1.29, 1.82) is 0 Å². The van der Waals surface area contributed by atoms with Gasteiger partial charge in [-0.05, 0) is 51.6 Å². The highest BCUT2D eigenvalue weighted by Crippen LogP contribution is 2.48. The second-order valence-corrected chi connectivity index (χ2v) is 17.1. The largest absolute Gasteiger partial charge is 0.505 e. The normalized spacial score (nSPS) is 30.8. The first-order valence-corrected chi connectivity index (χ1v) is 21.3. The zero-order chi connectivity index (χ0) is 45.1. The lowest BCUT2D eigenvalue weighted by Crippen LogP contribution is -2.46. The number of hydrogen-bond acceptors (Lipinski definition) is 15. The average molecular weight is 868 g/mol. The minimum Gasteiger partial charge on any atom is -0.505 e. The van der Waals surface area contributed by atoms with Gasteiger partial charge in [0, 0.05) is 67.8 Å². The second kappa shape index (κ2) is 17.1. The van der Waals surface area contributed by atoms with Crippen LogP contribution in [0.4, 0.5) is 5.69 Å². The van der Waals surface area contributed by atoms with Gasteiger partial charge in [-0.2, -0.15) is 0 Å². The average Bonchev–Trinajstić information content (AvgIpc) is 3.68. The fourth-order valence-electron chi connectivity index (χ4n) is 8.95. The Morgan fingerprint density at radius 1 is 1.06 bits per heavy atom. The van der Waals surface area contributed by atoms with E-state index in [0.29, 0.717) is 17.9 Å². The standard InChI is InChI=1S/C47H53N3O13/c1-22-11-9-12-23(2)46(56)49-36-39(54)33-32(35-43(36)61-31-21-28(13-14-29(31)48-35)58-20-18-50-16-10-17-50)34-41(25(4)37(33)52)63-47(7,45(34)55)59-19-15-30(57-8)24(3)42(60-27(6)51)44-38(53)26(5)40(22)62-44/h9,11-15,19,21-22,24,26,30,38,40,42,44,53-54H,10,16-18,20H2,1-8H3,(H,49,56)/b11-9+,19-15+,23-12-/t22-,24+,26-,30-,38+,40-,42+,44+,47-/m0/s1. The number of amides is 1. The number of ketones is 1. The minimum atomic E-state index is -2.03. The highest BCUT2D eigenvalue weighted by molar-refractivity contribution is 6.26. The van der Waals surface area contributed by atoms with Crippen LogP contribution in [0.1, 0.15) is 63.9 Å². The molecule has 0 spiro atoms. The van der Waals surface area contributed by atoms with Gasteiger partial charge in [-0.1, -0.05) is 39.0 Å². The molecule has 7 bridgehead atoms. The lowest BCUT2D eigenvalue weighted by Gasteiger charge is -2.33. The van der Waals surface area contributed by atoms with Gasteiger partial charge in [-0.25, -0.2) is 4.98 Å². The molecule has 5 aliphatic heterocycles. The summed E-state index contributed by atoms with van der Waals surface area (Å²) in [6.45, 7) is 14.5. The molecule has 3 aromatic carbocycles. The Morgan fingerprint density at radius 3 is 2.52 bits per heavy atom. The van der Waals surface area contributed by atoms with Gasteiger partial charge in [0.2, 0.25) is 0 Å². The summed E-state index contributed by atoms with van der Waals surface area (Å²) in [6, 6.07) is 5.08. The van der Waals surface area contributed by atoms with Crippen LogP contribution in [0.15, 0.2) is 63.6 Å². The Labute approximate surface area is 363 Å². The number of phenolic OH excluding ortho intramolecular Hbond substituents is 1. The number of ether oxygens (including phenoxy) is 6. The number of carbonyl (C=O) groups excluding carboxylic acids is 3. The van der Waals surface area contributed by atoms with Gasteiger partial charge in [-0.3, -0.25) is 24.1 Å². The van der Waals surface area contributed by atoms with Gasteiger partial charge in [0.25, 0.3) is 11.7 Å². The lowest BCUT2D eigenvalue weighted by atomic mass is 9.86. The minimum absolute atomic E-state index is 0.00637. The number of Topliss-reactive ketones (excluding diaryl/α,β-unsaturated/α-hetero) is 1. The van der Waals surface area contributed by atoms with E-state index in [9.17, 15) is 29.4 Å². The van der Waals surface area contributed by atoms with Crippen molar-refractivity contribution < 1.29 is 57.4 Å². The zero-order valence-electron chi connectivity index (χ0n) is 36.6. The number of aromatic hydroxyl groups is 1. The van der Waals surface area contributed by atoms with E-state index in [-0.39, 0.29) is 67.4 Å². The number of nitrogens with one attached hydrogen (secondary N) is 1. The Morgan fingerprint density at radius 2 is 1.83 bits per heavy atom. The number of likely N-dealkylation sites (tertiary alicyclic amines) is 1. The van der Waals surface area contributed by atoms with E-state index in [2.05, 4.69) is 10.2 Å². The van der Waals surface area contributed by atoms with Gasteiger partial charge in [0.05, 0.1) is 35.5 Å². The fraction of sp³-hybridized carbons (Fsp3) is 0.468. The molecule has 0 radical (unpaired) electrons. The molecule has 0 unspecified atom stereocenters. The van der Waals surface area contributed by atoms with E-state index in [0.717, 1.165) is 26.1 Å². The monoisotopic (exact) mass is 867 g/mol. The third-order valence-corrected chi connectivity index (χ3v) is 12.8. The van der Waals surface area contributed by atoms with Crippen LogP contribution >= 0.6 is 0 Å². The topological polar surface area (TPSA) is 205 Å². The number of esters is 1. The molecule has 4 aromatic rings. The molecule has 334 valence electrons. The summed E-state index contributed by atoms with van der Waals surface area (Å²) in [5, 5.41) is 26.0. The summed E-state index contributed by atoms with van der Waals surface area (Å²) < 4.78 is 42.9. The number of aliphatic hydroxyl groups is 1. The van der Waals surface area contributed by atoms with Crippen LogP contribution in [0.3, 0.4) is 0 Å². The number of rotatable bonds is 6. The molecule has 5 aliphatic rings. The van der Waals surface area contributed by atoms with Crippen molar-refractivity contribution in [2.24, 2.45) is 17.8 Å². The van der Waals surface area contributed by atoms with E-state index >= 15 is 0 Å². The third kappa shape index (κ3) is 7.83. The van der Waals surface area contributed by atoms with Gasteiger partial charge in [0.15, 0.2) is 22.3 Å². The molecule has 2 fully saturated rings. The smallest absolute Gasteiger partial charge is 0.312 e. The summed E-state index contributed by atoms with van der Waals surface area (Å²) >= 11 is 0. The molecule has 9 atom stereocenters. The Kier molecular flexibility index (Phi) is 11.9. The van der Waals surface area contributed by atoms with Crippen molar-refractivity contribution in [2.45, 2.75) is 91.2 Å². The molecule has 1 amide bonds. The first-order chi connectivity index (χ1) is 30.0. The molecule has 2 saturated heterocycles. The molecule has 16 heteroatoms. The van der Waals surface area contributed by atoms with Crippen LogP contribution in [0.2, 0.25) is 0 Å². The molecule has 0 aliphatic carbocycles. The highest BCUT2D eigenvalue weighted by atomic mass is 16.7. The van der Waals surface area contributed by atoms with Gasteiger partial charge >= 0.3 is 11.8 Å². The van der Waals surface area contributed by atoms with Crippen molar-refractivity contribution in [3.05, 3.63) is 75.7 Å². The number of fused-ring (bicyclic) bond motifs is 9. The Hall–Kier alpha value is -5.81.